The Morgan fingerprint density at radius 1 is 1.25 bits per heavy atom. The van der Waals surface area contributed by atoms with Crippen LogP contribution in [0.4, 0.5) is 8.78 Å². The van der Waals surface area contributed by atoms with Gasteiger partial charge in [-0.1, -0.05) is 27.7 Å². The van der Waals surface area contributed by atoms with Gasteiger partial charge in [-0.15, -0.1) is 0 Å². The molecule has 12 heavy (non-hydrogen) atoms. The van der Waals surface area contributed by atoms with Crippen LogP contribution in [-0.4, -0.2) is 5.92 Å². The lowest BCUT2D eigenvalue weighted by molar-refractivity contribution is -0.0282. The molecule has 2 heteroatoms. The first kappa shape index (κ1) is 11.9. The summed E-state index contributed by atoms with van der Waals surface area (Å²) in [7, 11) is 0. The van der Waals surface area contributed by atoms with E-state index >= 15 is 0 Å². The summed E-state index contributed by atoms with van der Waals surface area (Å²) >= 11 is 0. The van der Waals surface area contributed by atoms with Crippen molar-refractivity contribution in [1.29, 1.82) is 0 Å². The lowest BCUT2D eigenvalue weighted by atomic mass is 9.99. The Balaban J connectivity index is 0.000000561. The van der Waals surface area contributed by atoms with E-state index in [0.717, 1.165) is 12.8 Å². The predicted molar refractivity (Wildman–Crippen MR) is 48.5 cm³/mol. The van der Waals surface area contributed by atoms with Gasteiger partial charge in [-0.05, 0) is 18.3 Å². The van der Waals surface area contributed by atoms with Crippen molar-refractivity contribution in [2.45, 2.75) is 59.3 Å². The van der Waals surface area contributed by atoms with E-state index in [1.165, 1.54) is 0 Å². The number of hydrogen-bond donors (Lipinski definition) is 0. The summed E-state index contributed by atoms with van der Waals surface area (Å²) in [6.45, 7) is 7.49. The fraction of sp³-hybridized carbons (Fsp3) is 1.00. The predicted octanol–water partition coefficient (Wildman–Crippen LogP) is 4.25. The van der Waals surface area contributed by atoms with Gasteiger partial charge >= 0.3 is 0 Å². The first-order valence-electron chi connectivity index (χ1n) is 4.85. The van der Waals surface area contributed by atoms with Crippen LogP contribution in [0.2, 0.25) is 0 Å². The van der Waals surface area contributed by atoms with E-state index in [9.17, 15) is 8.78 Å². The van der Waals surface area contributed by atoms with Gasteiger partial charge in [-0.3, -0.25) is 0 Å². The van der Waals surface area contributed by atoms with E-state index in [1.807, 2.05) is 20.8 Å². The Morgan fingerprint density at radius 2 is 1.67 bits per heavy atom. The molecule has 0 aromatic heterocycles. The molecule has 0 aliphatic heterocycles. The SMILES string of the molecule is CC.CCC(F)(F)CC1(C)CC1. The maximum absolute atomic E-state index is 12.7. The van der Waals surface area contributed by atoms with Crippen LogP contribution >= 0.6 is 0 Å². The minimum atomic E-state index is -2.41. The number of hydrogen-bond acceptors (Lipinski definition) is 0. The molecule has 1 rings (SSSR count). The number of alkyl halides is 2. The summed E-state index contributed by atoms with van der Waals surface area (Å²) in [5.74, 6) is -2.41. The molecule has 0 atom stereocenters. The molecule has 0 spiro atoms. The molecule has 0 aromatic rings. The molecular weight excluding hydrogens is 158 g/mol. The fourth-order valence-electron chi connectivity index (χ4n) is 1.14. The van der Waals surface area contributed by atoms with Crippen LogP contribution in [0.15, 0.2) is 0 Å². The summed E-state index contributed by atoms with van der Waals surface area (Å²) in [4.78, 5) is 0. The number of rotatable bonds is 3. The third-order valence-electron chi connectivity index (χ3n) is 2.31. The normalized spacial score (nSPS) is 19.5. The molecule has 0 heterocycles. The molecule has 0 nitrogen and oxygen atoms in total. The minimum Gasteiger partial charge on any atom is -0.207 e. The summed E-state index contributed by atoms with van der Waals surface area (Å²) in [6, 6.07) is 0. The highest BCUT2D eigenvalue weighted by atomic mass is 19.3. The molecular formula is C10H20F2. The van der Waals surface area contributed by atoms with Gasteiger partial charge < -0.3 is 0 Å². The van der Waals surface area contributed by atoms with Gasteiger partial charge in [-0.2, -0.15) is 0 Å². The van der Waals surface area contributed by atoms with Crippen molar-refractivity contribution in [3.05, 3.63) is 0 Å². The van der Waals surface area contributed by atoms with E-state index in [-0.39, 0.29) is 18.3 Å². The van der Waals surface area contributed by atoms with Crippen molar-refractivity contribution in [1.82, 2.24) is 0 Å². The minimum absolute atomic E-state index is 0.0113. The zero-order valence-electron chi connectivity index (χ0n) is 8.58. The molecule has 0 N–H and O–H groups in total. The van der Waals surface area contributed by atoms with Gasteiger partial charge in [0.15, 0.2) is 0 Å². The molecule has 0 saturated heterocycles. The quantitative estimate of drug-likeness (QED) is 0.606. The van der Waals surface area contributed by atoms with Crippen LogP contribution in [-0.2, 0) is 0 Å². The average Bonchev–Trinajstić information content (AvgIpc) is 2.71. The number of halogens is 2. The van der Waals surface area contributed by atoms with Crippen LogP contribution in [0.3, 0.4) is 0 Å². The van der Waals surface area contributed by atoms with Gasteiger partial charge in [0.2, 0.25) is 5.92 Å². The smallest absolute Gasteiger partial charge is 0.207 e. The average molecular weight is 178 g/mol. The summed E-state index contributed by atoms with van der Waals surface area (Å²) in [6.07, 6.45) is 2.06. The van der Waals surface area contributed by atoms with Gasteiger partial charge in [-0.25, -0.2) is 8.78 Å². The second-order valence-corrected chi connectivity index (χ2v) is 3.70. The first-order valence-corrected chi connectivity index (χ1v) is 4.85. The van der Waals surface area contributed by atoms with Crippen LogP contribution in [0.1, 0.15) is 53.4 Å². The second kappa shape index (κ2) is 4.20. The van der Waals surface area contributed by atoms with Crippen molar-refractivity contribution in [2.75, 3.05) is 0 Å². The molecule has 74 valence electrons. The Kier molecular flexibility index (Phi) is 4.15. The van der Waals surface area contributed by atoms with Crippen molar-refractivity contribution >= 4 is 0 Å². The van der Waals surface area contributed by atoms with E-state index in [4.69, 9.17) is 0 Å². The van der Waals surface area contributed by atoms with Crippen molar-refractivity contribution in [2.24, 2.45) is 5.41 Å². The van der Waals surface area contributed by atoms with Crippen LogP contribution in [0, 0.1) is 5.41 Å². The highest BCUT2D eigenvalue weighted by Crippen LogP contribution is 2.52. The van der Waals surface area contributed by atoms with Gasteiger partial charge in [0.25, 0.3) is 0 Å². The summed E-state index contributed by atoms with van der Waals surface area (Å²) in [5, 5.41) is 0. The highest BCUT2D eigenvalue weighted by Gasteiger charge is 2.45. The Morgan fingerprint density at radius 3 is 1.92 bits per heavy atom. The van der Waals surface area contributed by atoms with Crippen molar-refractivity contribution in [3.8, 4) is 0 Å². The zero-order valence-corrected chi connectivity index (χ0v) is 8.58. The van der Waals surface area contributed by atoms with Crippen molar-refractivity contribution < 1.29 is 8.78 Å². The summed E-state index contributed by atoms with van der Waals surface area (Å²) < 4.78 is 25.4. The molecule has 1 aliphatic rings. The third-order valence-corrected chi connectivity index (χ3v) is 2.31. The molecule has 0 amide bonds. The van der Waals surface area contributed by atoms with E-state index in [2.05, 4.69) is 0 Å². The lowest BCUT2D eigenvalue weighted by Crippen LogP contribution is -2.18. The standard InChI is InChI=1S/C8H14F2.C2H6/c1-3-8(9,10)6-7(2)4-5-7;1-2/h3-6H2,1-2H3;1-2H3. The van der Waals surface area contributed by atoms with Crippen LogP contribution in [0.25, 0.3) is 0 Å². The van der Waals surface area contributed by atoms with Crippen LogP contribution < -0.4 is 0 Å². The summed E-state index contributed by atoms with van der Waals surface area (Å²) in [5.41, 5.74) is -0.0144. The topological polar surface area (TPSA) is 0 Å². The zero-order chi connectivity index (χ0) is 9.83. The molecule has 1 saturated carbocycles. The third kappa shape index (κ3) is 4.03. The van der Waals surface area contributed by atoms with Gasteiger partial charge in [0, 0.05) is 12.8 Å². The molecule has 0 aromatic carbocycles. The monoisotopic (exact) mass is 178 g/mol. The van der Waals surface area contributed by atoms with Crippen LogP contribution in [0.5, 0.6) is 0 Å². The van der Waals surface area contributed by atoms with E-state index < -0.39 is 5.92 Å². The molecule has 0 unspecified atom stereocenters. The highest BCUT2D eigenvalue weighted by molar-refractivity contribution is 4.92. The second-order valence-electron chi connectivity index (χ2n) is 3.70. The lowest BCUT2D eigenvalue weighted by Gasteiger charge is -2.17. The van der Waals surface area contributed by atoms with Gasteiger partial charge in [0.1, 0.15) is 0 Å². The fourth-order valence-corrected chi connectivity index (χ4v) is 1.14. The Hall–Kier alpha value is -0.140. The molecule has 0 bridgehead atoms. The maximum Gasteiger partial charge on any atom is 0.248 e. The van der Waals surface area contributed by atoms with E-state index in [1.54, 1.807) is 6.92 Å². The van der Waals surface area contributed by atoms with E-state index in [0.29, 0.717) is 0 Å². The van der Waals surface area contributed by atoms with Gasteiger partial charge in [0.05, 0.1) is 0 Å². The Bertz CT molecular complexity index is 126. The first-order chi connectivity index (χ1) is 5.47. The van der Waals surface area contributed by atoms with Crippen molar-refractivity contribution in [3.63, 3.8) is 0 Å². The maximum atomic E-state index is 12.7. The molecule has 0 radical (unpaired) electrons. The molecule has 1 aliphatic carbocycles. The largest absolute Gasteiger partial charge is 0.248 e. The molecule has 1 fully saturated rings. The Labute approximate surface area is 74.4 Å².